The van der Waals surface area contributed by atoms with Crippen molar-refractivity contribution in [3.63, 3.8) is 0 Å². The number of nitrogens with one attached hydrogen (secondary N) is 1. The Morgan fingerprint density at radius 3 is 2.14 bits per heavy atom. The number of rotatable bonds is 13. The van der Waals surface area contributed by atoms with E-state index >= 15 is 0 Å². The maximum Gasteiger partial charge on any atom is 0.0950 e. The summed E-state index contributed by atoms with van der Waals surface area (Å²) in [6.07, 6.45) is 0.0535. The lowest BCUT2D eigenvalue weighted by molar-refractivity contribution is -0.0162. The van der Waals surface area contributed by atoms with Crippen molar-refractivity contribution in [2.45, 2.75) is 6.10 Å². The van der Waals surface area contributed by atoms with Crippen LogP contribution in [0.1, 0.15) is 11.7 Å². The molecule has 0 aromatic heterocycles. The highest BCUT2D eigenvalue weighted by Gasteiger charge is 2.10. The summed E-state index contributed by atoms with van der Waals surface area (Å²) in [5, 5.41) is 3.15. The molecule has 0 spiro atoms. The van der Waals surface area contributed by atoms with Crippen molar-refractivity contribution in [1.29, 1.82) is 0 Å². The molecule has 1 aromatic carbocycles. The van der Waals surface area contributed by atoms with Crippen LogP contribution in [0.2, 0.25) is 0 Å². The van der Waals surface area contributed by atoms with Gasteiger partial charge in [-0.1, -0.05) is 30.3 Å². The van der Waals surface area contributed by atoms with E-state index < -0.39 is 0 Å². The molecule has 1 unspecified atom stereocenters. The fraction of sp³-hybridized carbons (Fsp3) is 0.625. The number of ether oxygens (including phenoxy) is 4. The summed E-state index contributed by atoms with van der Waals surface area (Å²) in [6.45, 7) is 4.31. The van der Waals surface area contributed by atoms with E-state index in [-0.39, 0.29) is 6.10 Å². The van der Waals surface area contributed by atoms with Gasteiger partial charge in [-0.2, -0.15) is 0 Å². The third kappa shape index (κ3) is 8.80. The molecule has 0 heterocycles. The number of hydrogen-bond acceptors (Lipinski definition) is 5. The van der Waals surface area contributed by atoms with Gasteiger partial charge in [0.25, 0.3) is 0 Å². The van der Waals surface area contributed by atoms with Gasteiger partial charge in [0.2, 0.25) is 0 Å². The second-order valence-corrected chi connectivity index (χ2v) is 4.55. The first-order valence-corrected chi connectivity index (χ1v) is 7.34. The number of benzene rings is 1. The standard InChI is InChI=1S/C16H27NO4/c1-17-14-16(15-6-4-3-5-7-15)21-13-12-20-11-10-19-9-8-18-2/h3-7,16-17H,8-14H2,1-2H3. The van der Waals surface area contributed by atoms with Gasteiger partial charge in [-0.3, -0.25) is 0 Å². The lowest BCUT2D eigenvalue weighted by atomic mass is 10.1. The Labute approximate surface area is 127 Å². The Bertz CT molecular complexity index is 334. The minimum atomic E-state index is 0.0535. The summed E-state index contributed by atoms with van der Waals surface area (Å²) in [6, 6.07) is 10.2. The molecule has 0 aliphatic carbocycles. The second-order valence-electron chi connectivity index (χ2n) is 4.55. The van der Waals surface area contributed by atoms with E-state index in [1.54, 1.807) is 7.11 Å². The maximum atomic E-state index is 5.87. The van der Waals surface area contributed by atoms with Crippen molar-refractivity contribution in [2.24, 2.45) is 0 Å². The van der Waals surface area contributed by atoms with Crippen LogP contribution >= 0.6 is 0 Å². The van der Waals surface area contributed by atoms with Crippen LogP contribution < -0.4 is 5.32 Å². The minimum absolute atomic E-state index is 0.0535. The summed E-state index contributed by atoms with van der Waals surface area (Å²) >= 11 is 0. The zero-order chi connectivity index (χ0) is 15.2. The Morgan fingerprint density at radius 1 is 0.905 bits per heavy atom. The molecule has 21 heavy (non-hydrogen) atoms. The predicted molar refractivity (Wildman–Crippen MR) is 82.6 cm³/mol. The zero-order valence-electron chi connectivity index (χ0n) is 13.0. The Morgan fingerprint density at radius 2 is 1.52 bits per heavy atom. The van der Waals surface area contributed by atoms with Crippen LogP contribution in [0.25, 0.3) is 0 Å². The fourth-order valence-electron chi connectivity index (χ4n) is 1.84. The van der Waals surface area contributed by atoms with E-state index in [2.05, 4.69) is 17.4 Å². The number of hydrogen-bond donors (Lipinski definition) is 1. The third-order valence-electron chi connectivity index (χ3n) is 2.91. The van der Waals surface area contributed by atoms with Crippen LogP contribution in [0.15, 0.2) is 30.3 Å². The van der Waals surface area contributed by atoms with Crippen LogP contribution in [0.4, 0.5) is 0 Å². The normalized spacial score (nSPS) is 12.5. The van der Waals surface area contributed by atoms with Crippen LogP contribution in [-0.4, -0.2) is 60.3 Å². The molecule has 5 nitrogen and oxygen atoms in total. The van der Waals surface area contributed by atoms with E-state index in [0.717, 1.165) is 6.54 Å². The maximum absolute atomic E-state index is 5.87. The summed E-state index contributed by atoms with van der Waals surface area (Å²) in [5.74, 6) is 0. The molecule has 0 saturated heterocycles. The van der Waals surface area contributed by atoms with Crippen molar-refractivity contribution in [3.05, 3.63) is 35.9 Å². The quantitative estimate of drug-likeness (QED) is 0.561. The summed E-state index contributed by atoms with van der Waals surface area (Å²) in [4.78, 5) is 0. The topological polar surface area (TPSA) is 49.0 Å². The first-order valence-electron chi connectivity index (χ1n) is 7.34. The monoisotopic (exact) mass is 297 g/mol. The van der Waals surface area contributed by atoms with E-state index in [9.17, 15) is 0 Å². The Hall–Kier alpha value is -0.980. The van der Waals surface area contributed by atoms with Gasteiger partial charge in [-0.05, 0) is 12.6 Å². The van der Waals surface area contributed by atoms with Crippen LogP contribution in [-0.2, 0) is 18.9 Å². The highest BCUT2D eigenvalue weighted by molar-refractivity contribution is 5.17. The molecule has 0 radical (unpaired) electrons. The number of methoxy groups -OCH3 is 1. The van der Waals surface area contributed by atoms with Gasteiger partial charge in [0.05, 0.1) is 45.7 Å². The van der Waals surface area contributed by atoms with Gasteiger partial charge in [0.15, 0.2) is 0 Å². The average molecular weight is 297 g/mol. The van der Waals surface area contributed by atoms with Gasteiger partial charge in [0.1, 0.15) is 0 Å². The van der Waals surface area contributed by atoms with Crippen molar-refractivity contribution in [3.8, 4) is 0 Å². The molecule has 0 fully saturated rings. The van der Waals surface area contributed by atoms with Crippen molar-refractivity contribution in [1.82, 2.24) is 5.32 Å². The van der Waals surface area contributed by atoms with Gasteiger partial charge in [-0.15, -0.1) is 0 Å². The first kappa shape index (κ1) is 18.1. The van der Waals surface area contributed by atoms with Gasteiger partial charge < -0.3 is 24.3 Å². The molecule has 0 amide bonds. The zero-order valence-corrected chi connectivity index (χ0v) is 13.0. The molecule has 1 N–H and O–H groups in total. The highest BCUT2D eigenvalue weighted by atomic mass is 16.6. The van der Waals surface area contributed by atoms with Crippen molar-refractivity contribution < 1.29 is 18.9 Å². The molecular formula is C16H27NO4. The molecule has 0 saturated carbocycles. The second kappa shape index (κ2) is 12.7. The molecule has 1 aromatic rings. The Balaban J connectivity index is 2.09. The van der Waals surface area contributed by atoms with E-state index in [4.69, 9.17) is 18.9 Å². The molecule has 0 bridgehead atoms. The lowest BCUT2D eigenvalue weighted by Gasteiger charge is -2.18. The summed E-state index contributed by atoms with van der Waals surface area (Å²) in [5.41, 5.74) is 1.18. The summed E-state index contributed by atoms with van der Waals surface area (Å²) < 4.78 is 21.5. The third-order valence-corrected chi connectivity index (χ3v) is 2.91. The first-order chi connectivity index (χ1) is 10.4. The van der Waals surface area contributed by atoms with Gasteiger partial charge in [0, 0.05) is 13.7 Å². The molecular weight excluding hydrogens is 270 g/mol. The molecule has 0 aliphatic rings. The Kier molecular flexibility index (Phi) is 11.0. The minimum Gasteiger partial charge on any atom is -0.382 e. The molecule has 5 heteroatoms. The predicted octanol–water partition coefficient (Wildman–Crippen LogP) is 1.64. The van der Waals surface area contributed by atoms with Gasteiger partial charge >= 0.3 is 0 Å². The SMILES string of the molecule is CNCC(OCCOCCOCCOC)c1ccccc1. The van der Waals surface area contributed by atoms with Gasteiger partial charge in [-0.25, -0.2) is 0 Å². The molecule has 120 valence electrons. The smallest absolute Gasteiger partial charge is 0.0950 e. The van der Waals surface area contributed by atoms with Crippen molar-refractivity contribution in [2.75, 3.05) is 60.3 Å². The van der Waals surface area contributed by atoms with E-state index in [0.29, 0.717) is 39.6 Å². The lowest BCUT2D eigenvalue weighted by Crippen LogP contribution is -2.21. The van der Waals surface area contributed by atoms with Crippen LogP contribution in [0, 0.1) is 0 Å². The van der Waals surface area contributed by atoms with E-state index in [1.807, 2.05) is 25.2 Å². The van der Waals surface area contributed by atoms with Crippen LogP contribution in [0.5, 0.6) is 0 Å². The summed E-state index contributed by atoms with van der Waals surface area (Å²) in [7, 11) is 3.58. The molecule has 1 atom stereocenters. The van der Waals surface area contributed by atoms with Crippen LogP contribution in [0.3, 0.4) is 0 Å². The highest BCUT2D eigenvalue weighted by Crippen LogP contribution is 2.15. The fourth-order valence-corrected chi connectivity index (χ4v) is 1.84. The molecule has 0 aliphatic heterocycles. The number of likely N-dealkylation sites (N-methyl/N-ethyl adjacent to an activating group) is 1. The van der Waals surface area contributed by atoms with E-state index in [1.165, 1.54) is 5.56 Å². The van der Waals surface area contributed by atoms with Crippen molar-refractivity contribution >= 4 is 0 Å². The average Bonchev–Trinajstić information content (AvgIpc) is 2.53. The molecule has 1 rings (SSSR count). The largest absolute Gasteiger partial charge is 0.382 e.